The molecule has 2 bridgehead atoms. The summed E-state index contributed by atoms with van der Waals surface area (Å²) in [4.78, 5) is 30.9. The van der Waals surface area contributed by atoms with E-state index in [2.05, 4.69) is 24.1 Å². The Morgan fingerprint density at radius 3 is 2.57 bits per heavy atom. The standard InChI is InChI=1S/C25H28N6O3.Na/c1-15(2)16-6-8-18(9-7-16)29-22(32)13-30(19-5-3-4-17(10-19)24(26)27)11-20-21-12-31(14-28-21)23(20)25(33)34;/h3-10,12,14-15,20,23H,11,13H2,1-2H3,(H5,26,27,29,32,33,34);/q;+1/p-1. The number of nitrogens with one attached hydrogen (secondary N) is 1. The minimum atomic E-state index is -0.957. The van der Waals surface area contributed by atoms with Crippen molar-refractivity contribution in [2.45, 2.75) is 31.7 Å². The van der Waals surface area contributed by atoms with Gasteiger partial charge in [0.25, 0.3) is 0 Å². The van der Waals surface area contributed by atoms with Crippen LogP contribution in [0.3, 0.4) is 0 Å². The van der Waals surface area contributed by atoms with Gasteiger partial charge in [-0.15, -0.1) is 5.69 Å². The number of nitrogens with two attached hydrogens (primary N) is 1. The van der Waals surface area contributed by atoms with Crippen LogP contribution in [-0.4, -0.2) is 45.5 Å². The quantitative estimate of drug-likeness (QED) is 0.234. The number of amidine groups is 1. The number of nitrogen functional groups attached to an aromatic ring is 1. The number of rotatable bonds is 9. The molecule has 2 unspecified atom stereocenters. The van der Waals surface area contributed by atoms with Crippen molar-refractivity contribution < 1.29 is 44.3 Å². The van der Waals surface area contributed by atoms with E-state index < -0.39 is 17.9 Å². The smallest absolute Gasteiger partial charge is 0.625 e. The first-order valence-electron chi connectivity index (χ1n) is 11.0. The molecule has 4 N–H and O–H groups in total. The van der Waals surface area contributed by atoms with E-state index in [-0.39, 0.29) is 54.4 Å². The summed E-state index contributed by atoms with van der Waals surface area (Å²) in [6, 6.07) is 13.7. The van der Waals surface area contributed by atoms with Crippen LogP contribution in [0, 0.1) is 5.41 Å². The number of carbonyl (C=O) groups excluding carboxylic acids is 1. The first kappa shape index (κ1) is 26.5. The Hall–Kier alpha value is -3.14. The third kappa shape index (κ3) is 5.93. The zero-order valence-corrected chi connectivity index (χ0v) is 22.0. The number of carboxylic acids is 1. The van der Waals surface area contributed by atoms with E-state index in [1.807, 2.05) is 24.3 Å². The summed E-state index contributed by atoms with van der Waals surface area (Å²) in [6.07, 6.45) is 3.22. The number of amides is 1. The monoisotopic (exact) mass is 482 g/mol. The van der Waals surface area contributed by atoms with Crippen LogP contribution in [0.4, 0.5) is 11.4 Å². The molecule has 35 heavy (non-hydrogen) atoms. The number of carbonyl (C=O) groups is 2. The van der Waals surface area contributed by atoms with Crippen LogP contribution < -0.4 is 40.2 Å². The molecule has 1 aliphatic rings. The Morgan fingerprint density at radius 2 is 1.94 bits per heavy atom. The number of anilines is 1. The van der Waals surface area contributed by atoms with Crippen molar-refractivity contribution >= 4 is 29.1 Å². The first-order valence-corrected chi connectivity index (χ1v) is 11.0. The number of imidazole rings is 1. The van der Waals surface area contributed by atoms with Crippen molar-refractivity contribution in [3.05, 3.63) is 83.2 Å². The van der Waals surface area contributed by atoms with Gasteiger partial charge in [-0.1, -0.05) is 50.2 Å². The van der Waals surface area contributed by atoms with Gasteiger partial charge in [-0.05, 0) is 23.6 Å². The predicted octanol–water partition coefficient (Wildman–Crippen LogP) is 0.756. The molecule has 1 aromatic heterocycles. The molecule has 0 fully saturated rings. The second-order valence-corrected chi connectivity index (χ2v) is 8.73. The predicted molar refractivity (Wildman–Crippen MR) is 130 cm³/mol. The molecule has 2 atom stereocenters. The summed E-state index contributed by atoms with van der Waals surface area (Å²) in [7, 11) is 0. The van der Waals surface area contributed by atoms with Crippen LogP contribution >= 0.6 is 0 Å². The molecule has 0 aliphatic carbocycles. The van der Waals surface area contributed by atoms with Crippen LogP contribution in [0.15, 0.2) is 61.1 Å². The van der Waals surface area contributed by atoms with Gasteiger partial charge in [0.1, 0.15) is 11.9 Å². The van der Waals surface area contributed by atoms with Crippen LogP contribution in [0.2, 0.25) is 0 Å². The van der Waals surface area contributed by atoms with E-state index in [9.17, 15) is 14.7 Å². The van der Waals surface area contributed by atoms with Gasteiger partial charge in [-0.2, -0.15) is 0 Å². The Kier molecular flexibility index (Phi) is 8.37. The second-order valence-electron chi connectivity index (χ2n) is 8.73. The van der Waals surface area contributed by atoms with Crippen LogP contribution in [-0.2, 0) is 9.59 Å². The number of hydrogen-bond donors (Lipinski definition) is 3. The van der Waals surface area contributed by atoms with E-state index in [1.54, 1.807) is 39.9 Å². The minimum Gasteiger partial charge on any atom is -0.625 e. The Morgan fingerprint density at radius 1 is 1.23 bits per heavy atom. The normalized spacial score (nSPS) is 16.0. The average Bonchev–Trinajstić information content (AvgIpc) is 3.41. The zero-order valence-electron chi connectivity index (χ0n) is 20.0. The van der Waals surface area contributed by atoms with Crippen LogP contribution in [0.1, 0.15) is 48.5 Å². The number of hydrogen-bond acceptors (Lipinski definition) is 5. The Bertz CT molecular complexity index is 1220. The molecule has 0 saturated carbocycles. The third-order valence-electron chi connectivity index (χ3n) is 6.04. The maximum absolute atomic E-state index is 12.9. The summed E-state index contributed by atoms with van der Waals surface area (Å²) in [6.45, 7) is 4.37. The van der Waals surface area contributed by atoms with Crippen molar-refractivity contribution in [3.8, 4) is 0 Å². The Balaban J connectivity index is 0.00000342. The maximum Gasteiger partial charge on any atom is 1.00 e. The zero-order chi connectivity index (χ0) is 24.4. The van der Waals surface area contributed by atoms with Crippen molar-refractivity contribution in [1.29, 1.82) is 5.41 Å². The van der Waals surface area contributed by atoms with Crippen molar-refractivity contribution in [3.63, 3.8) is 0 Å². The molecule has 4 rings (SSSR count). The fourth-order valence-electron chi connectivity index (χ4n) is 4.20. The van der Waals surface area contributed by atoms with Crippen molar-refractivity contribution in [2.24, 2.45) is 5.73 Å². The molecular weight excluding hydrogens is 455 g/mol. The topological polar surface area (TPSA) is 139 Å². The molecule has 0 spiro atoms. The SMILES string of the molecule is CC(C)c1ccc([N-]C(=O)CN(CC2c3cn(cn3)C2C(=O)O)c2cccc(C(=N)N)c2)cc1.[Na+]. The van der Waals surface area contributed by atoms with E-state index in [0.717, 1.165) is 5.56 Å². The second kappa shape index (κ2) is 11.1. The van der Waals surface area contributed by atoms with E-state index >= 15 is 0 Å². The van der Waals surface area contributed by atoms with Gasteiger partial charge in [-0.3, -0.25) is 5.41 Å². The van der Waals surface area contributed by atoms with Gasteiger partial charge >= 0.3 is 35.5 Å². The number of aliphatic carboxylic acids is 1. The summed E-state index contributed by atoms with van der Waals surface area (Å²) in [5.41, 5.74) is 9.21. The largest absolute Gasteiger partial charge is 1.00 e. The fourth-order valence-corrected chi connectivity index (χ4v) is 4.20. The van der Waals surface area contributed by atoms with Crippen LogP contribution in [0.25, 0.3) is 5.32 Å². The number of nitrogens with zero attached hydrogens (tertiary/aromatic N) is 4. The van der Waals surface area contributed by atoms with Gasteiger partial charge in [-0.25, -0.2) is 9.78 Å². The van der Waals surface area contributed by atoms with Gasteiger partial charge in [0.15, 0.2) is 0 Å². The number of benzene rings is 2. The van der Waals surface area contributed by atoms with Gasteiger partial charge < -0.3 is 30.4 Å². The molecule has 0 saturated heterocycles. The molecule has 1 aliphatic heterocycles. The third-order valence-corrected chi connectivity index (χ3v) is 6.04. The fraction of sp³-hybridized carbons (Fsp3) is 0.280. The molecule has 176 valence electrons. The molecule has 1 amide bonds. The summed E-state index contributed by atoms with van der Waals surface area (Å²) in [5, 5.41) is 21.8. The van der Waals surface area contributed by atoms with E-state index in [4.69, 9.17) is 11.1 Å². The number of carboxylic acid groups (broad SMARTS) is 1. The van der Waals surface area contributed by atoms with Crippen LogP contribution in [0.5, 0.6) is 0 Å². The molecule has 3 aromatic rings. The molecular formula is C25H27N6NaO3. The Labute approximate surface area is 226 Å². The van der Waals surface area contributed by atoms with Gasteiger partial charge in [0, 0.05) is 24.0 Å². The molecule has 0 radical (unpaired) electrons. The summed E-state index contributed by atoms with van der Waals surface area (Å²) in [5.74, 6) is -1.46. The van der Waals surface area contributed by atoms with E-state index in [0.29, 0.717) is 28.6 Å². The van der Waals surface area contributed by atoms with Gasteiger partial charge in [0.05, 0.1) is 30.4 Å². The summed E-state index contributed by atoms with van der Waals surface area (Å²) >= 11 is 0. The van der Waals surface area contributed by atoms with E-state index in [1.165, 1.54) is 6.33 Å². The molecule has 10 heteroatoms. The van der Waals surface area contributed by atoms with Crippen molar-refractivity contribution in [2.75, 3.05) is 18.0 Å². The summed E-state index contributed by atoms with van der Waals surface area (Å²) < 4.78 is 1.58. The first-order chi connectivity index (χ1) is 16.2. The molecule has 2 heterocycles. The number of aromatic nitrogens is 2. The molecule has 9 nitrogen and oxygen atoms in total. The van der Waals surface area contributed by atoms with Gasteiger partial charge in [0.2, 0.25) is 0 Å². The minimum absolute atomic E-state index is 0. The maximum atomic E-state index is 12.9. The molecule has 2 aromatic carbocycles. The number of fused-ring (bicyclic) bond motifs is 2. The average molecular weight is 483 g/mol. The van der Waals surface area contributed by atoms with Crippen molar-refractivity contribution in [1.82, 2.24) is 9.55 Å².